The number of anilines is 2. The van der Waals surface area contributed by atoms with Gasteiger partial charge in [0.05, 0.1) is 11.1 Å². The van der Waals surface area contributed by atoms with Crippen LogP contribution in [0.25, 0.3) is 11.0 Å². The molecule has 0 atom stereocenters. The maximum atomic E-state index is 14.0. The first-order chi connectivity index (χ1) is 13.0. The Labute approximate surface area is 154 Å². The maximum absolute atomic E-state index is 14.0. The smallest absolute Gasteiger partial charge is 0.286 e. The molecule has 3 aromatic rings. The zero-order chi connectivity index (χ0) is 19.8. The number of nitrogens with one attached hydrogen (secondary N) is 1. The summed E-state index contributed by atoms with van der Waals surface area (Å²) in [6, 6.07) is 5.86. The van der Waals surface area contributed by atoms with Crippen molar-refractivity contribution in [3.63, 3.8) is 0 Å². The fourth-order valence-corrected chi connectivity index (χ4v) is 2.15. The number of fused-ring (bicyclic) bond motifs is 1. The molecule has 0 radical (unpaired) electrons. The summed E-state index contributed by atoms with van der Waals surface area (Å²) in [4.78, 5) is 15.5. The van der Waals surface area contributed by atoms with Crippen LogP contribution in [0.4, 0.5) is 15.8 Å². The fraction of sp³-hybridized carbons (Fsp3) is 0.158. The predicted molar refractivity (Wildman–Crippen MR) is 98.9 cm³/mol. The SMILES string of the molecule is C#Cc1ccc(Nc2c(C(N)=O)oc3ccncc23)c(F)c1.OCCCO. The van der Waals surface area contributed by atoms with Crippen molar-refractivity contribution < 1.29 is 23.8 Å². The van der Waals surface area contributed by atoms with E-state index in [1.165, 1.54) is 24.5 Å². The van der Waals surface area contributed by atoms with Crippen molar-refractivity contribution in [1.29, 1.82) is 0 Å². The molecule has 0 unspecified atom stereocenters. The Balaban J connectivity index is 0.000000465. The van der Waals surface area contributed by atoms with Crippen LogP contribution >= 0.6 is 0 Å². The molecule has 0 aliphatic rings. The summed E-state index contributed by atoms with van der Waals surface area (Å²) >= 11 is 0. The van der Waals surface area contributed by atoms with Crippen LogP contribution in [0.5, 0.6) is 0 Å². The van der Waals surface area contributed by atoms with Crippen LogP contribution in [0.1, 0.15) is 22.5 Å². The van der Waals surface area contributed by atoms with Gasteiger partial charge in [0.2, 0.25) is 5.76 Å². The van der Waals surface area contributed by atoms with E-state index in [1.54, 1.807) is 12.1 Å². The van der Waals surface area contributed by atoms with Gasteiger partial charge in [0, 0.05) is 31.2 Å². The zero-order valence-corrected chi connectivity index (χ0v) is 14.3. The number of carbonyl (C=O) groups is 1. The average Bonchev–Trinajstić information content (AvgIpc) is 3.03. The highest BCUT2D eigenvalue weighted by atomic mass is 19.1. The van der Waals surface area contributed by atoms with Gasteiger partial charge in [-0.1, -0.05) is 5.92 Å². The lowest BCUT2D eigenvalue weighted by atomic mass is 10.2. The van der Waals surface area contributed by atoms with Gasteiger partial charge in [-0.15, -0.1) is 6.42 Å². The number of hydrogen-bond donors (Lipinski definition) is 4. The number of aromatic nitrogens is 1. The number of amides is 1. The number of benzene rings is 1. The number of nitrogens with two attached hydrogens (primary N) is 1. The molecule has 2 aromatic heterocycles. The van der Waals surface area contributed by atoms with Gasteiger partial charge in [-0.2, -0.15) is 0 Å². The molecule has 1 amide bonds. The van der Waals surface area contributed by atoms with Crippen molar-refractivity contribution in [2.24, 2.45) is 5.73 Å². The van der Waals surface area contributed by atoms with Crippen LogP contribution in [-0.2, 0) is 0 Å². The number of aliphatic hydroxyl groups excluding tert-OH is 2. The molecule has 0 bridgehead atoms. The first-order valence-electron chi connectivity index (χ1n) is 7.93. The molecule has 7 nitrogen and oxygen atoms in total. The Hall–Kier alpha value is -3.41. The van der Waals surface area contributed by atoms with E-state index in [-0.39, 0.29) is 30.3 Å². The molecule has 3 rings (SSSR count). The summed E-state index contributed by atoms with van der Waals surface area (Å²) < 4.78 is 19.4. The van der Waals surface area contributed by atoms with Crippen molar-refractivity contribution in [3.05, 3.63) is 53.8 Å². The predicted octanol–water partition coefficient (Wildman–Crippen LogP) is 2.15. The molecule has 8 heteroatoms. The Morgan fingerprint density at radius 1 is 1.33 bits per heavy atom. The molecule has 0 saturated carbocycles. The third-order valence-corrected chi connectivity index (χ3v) is 3.42. The van der Waals surface area contributed by atoms with Gasteiger partial charge < -0.3 is 25.7 Å². The average molecular weight is 371 g/mol. The summed E-state index contributed by atoms with van der Waals surface area (Å²) in [5, 5.41) is 19.2. The van der Waals surface area contributed by atoms with E-state index < -0.39 is 11.7 Å². The number of nitrogens with zero attached hydrogens (tertiary/aromatic N) is 1. The normalized spacial score (nSPS) is 10.0. The third-order valence-electron chi connectivity index (χ3n) is 3.42. The third kappa shape index (κ3) is 4.82. The molecule has 140 valence electrons. The molecule has 2 heterocycles. The number of pyridine rings is 1. The molecule has 0 aliphatic heterocycles. The number of halogens is 1. The molecule has 0 spiro atoms. The van der Waals surface area contributed by atoms with Gasteiger partial charge in [0.15, 0.2) is 0 Å². The lowest BCUT2D eigenvalue weighted by Gasteiger charge is -2.07. The number of hydrogen-bond acceptors (Lipinski definition) is 6. The minimum Gasteiger partial charge on any atom is -0.448 e. The van der Waals surface area contributed by atoms with Crippen molar-refractivity contribution >= 4 is 28.3 Å². The molecular formula is C19H18FN3O4. The van der Waals surface area contributed by atoms with Gasteiger partial charge in [0.1, 0.15) is 17.1 Å². The van der Waals surface area contributed by atoms with Crippen molar-refractivity contribution in [2.45, 2.75) is 6.42 Å². The maximum Gasteiger partial charge on any atom is 0.286 e. The number of rotatable bonds is 5. The Morgan fingerprint density at radius 3 is 2.63 bits per heavy atom. The van der Waals surface area contributed by atoms with Gasteiger partial charge in [-0.05, 0) is 30.7 Å². The number of primary amides is 1. The highest BCUT2D eigenvalue weighted by molar-refractivity contribution is 6.06. The lowest BCUT2D eigenvalue weighted by Crippen LogP contribution is -2.11. The highest BCUT2D eigenvalue weighted by Crippen LogP contribution is 2.33. The summed E-state index contributed by atoms with van der Waals surface area (Å²) in [5.74, 6) is 0.932. The molecule has 0 saturated heterocycles. The minimum atomic E-state index is -0.764. The van der Waals surface area contributed by atoms with Crippen molar-refractivity contribution in [3.8, 4) is 12.3 Å². The van der Waals surface area contributed by atoms with Crippen molar-refractivity contribution in [1.82, 2.24) is 4.98 Å². The number of furan rings is 1. The largest absolute Gasteiger partial charge is 0.448 e. The molecule has 1 aromatic carbocycles. The quantitative estimate of drug-likeness (QED) is 0.510. The first-order valence-corrected chi connectivity index (χ1v) is 7.93. The van der Waals surface area contributed by atoms with E-state index in [1.807, 2.05) is 0 Å². The molecular weight excluding hydrogens is 353 g/mol. The van der Waals surface area contributed by atoms with E-state index in [2.05, 4.69) is 16.2 Å². The Morgan fingerprint density at radius 2 is 2.07 bits per heavy atom. The van der Waals surface area contributed by atoms with Crippen molar-refractivity contribution in [2.75, 3.05) is 18.5 Å². The standard InChI is InChI=1S/C16H10FN3O2.C3H8O2/c1-2-9-3-4-12(11(17)7-9)20-14-10-8-19-6-5-13(10)22-15(14)16(18)21;4-2-1-3-5/h1,3-8,20H,(H2,18,21);4-5H,1-3H2. The van der Waals surface area contributed by atoms with Crippen LogP contribution in [0.15, 0.2) is 41.1 Å². The second-order valence-corrected chi connectivity index (χ2v) is 5.31. The molecule has 27 heavy (non-hydrogen) atoms. The number of aliphatic hydroxyl groups is 2. The Kier molecular flexibility index (Phi) is 6.88. The lowest BCUT2D eigenvalue weighted by molar-refractivity contribution is 0.0977. The second-order valence-electron chi connectivity index (χ2n) is 5.31. The number of terminal acetylenes is 1. The summed E-state index contributed by atoms with van der Waals surface area (Å²) in [7, 11) is 0. The minimum absolute atomic E-state index is 0.0938. The van der Waals surface area contributed by atoms with Gasteiger partial charge in [-0.25, -0.2) is 4.39 Å². The first kappa shape index (κ1) is 19.9. The van der Waals surface area contributed by atoms with Gasteiger partial charge >= 0.3 is 0 Å². The Bertz CT molecular complexity index is 977. The van der Waals surface area contributed by atoms with Gasteiger partial charge in [-0.3, -0.25) is 9.78 Å². The summed E-state index contributed by atoms with van der Waals surface area (Å²) in [6.45, 7) is 0.188. The van der Waals surface area contributed by atoms with Crippen LogP contribution < -0.4 is 11.1 Å². The fourth-order valence-electron chi connectivity index (χ4n) is 2.15. The van der Waals surface area contributed by atoms with E-state index in [9.17, 15) is 9.18 Å². The van der Waals surface area contributed by atoms with E-state index >= 15 is 0 Å². The molecule has 0 fully saturated rings. The van der Waals surface area contributed by atoms with Crippen LogP contribution in [0.3, 0.4) is 0 Å². The van der Waals surface area contributed by atoms with Crippen LogP contribution in [-0.4, -0.2) is 34.3 Å². The topological polar surface area (TPSA) is 122 Å². The van der Waals surface area contributed by atoms with Crippen LogP contribution in [0.2, 0.25) is 0 Å². The summed E-state index contributed by atoms with van der Waals surface area (Å²) in [6.07, 6.45) is 8.74. The van der Waals surface area contributed by atoms with Gasteiger partial charge in [0.25, 0.3) is 5.91 Å². The zero-order valence-electron chi connectivity index (χ0n) is 14.3. The monoisotopic (exact) mass is 371 g/mol. The number of carbonyl (C=O) groups excluding carboxylic acids is 1. The van der Waals surface area contributed by atoms with E-state index in [4.69, 9.17) is 26.8 Å². The van der Waals surface area contributed by atoms with Crippen LogP contribution in [0, 0.1) is 18.2 Å². The highest BCUT2D eigenvalue weighted by Gasteiger charge is 2.19. The summed E-state index contributed by atoms with van der Waals surface area (Å²) in [5.41, 5.74) is 6.55. The molecule has 5 N–H and O–H groups in total. The van der Waals surface area contributed by atoms with E-state index in [0.29, 0.717) is 23.0 Å². The second kappa shape index (κ2) is 9.33. The van der Waals surface area contributed by atoms with E-state index in [0.717, 1.165) is 0 Å². The molecule has 0 aliphatic carbocycles.